The van der Waals surface area contributed by atoms with Gasteiger partial charge in [0.2, 0.25) is 0 Å². The summed E-state index contributed by atoms with van der Waals surface area (Å²) in [6.07, 6.45) is 4.02. The molecule has 2 aliphatic carbocycles. The Morgan fingerprint density at radius 3 is 2.59 bits per heavy atom. The molecule has 3 nitrogen and oxygen atoms in total. The molecule has 2 saturated carbocycles. The number of hydrogen-bond acceptors (Lipinski definition) is 2. The van der Waals surface area contributed by atoms with Crippen molar-refractivity contribution in [3.8, 4) is 0 Å². The van der Waals surface area contributed by atoms with Crippen LogP contribution in [0.3, 0.4) is 0 Å². The van der Waals surface area contributed by atoms with Gasteiger partial charge in [0.15, 0.2) is 0 Å². The highest BCUT2D eigenvalue weighted by molar-refractivity contribution is 5.95. The monoisotopic (exact) mass is 422 g/mol. The van der Waals surface area contributed by atoms with E-state index >= 15 is 0 Å². The number of amides is 1. The summed E-state index contributed by atoms with van der Waals surface area (Å²) < 4.78 is 0. The Bertz CT molecular complexity index is 1150. The van der Waals surface area contributed by atoms with Crippen LogP contribution in [0.1, 0.15) is 63.8 Å². The third kappa shape index (κ3) is 3.23. The molecule has 1 aliphatic heterocycles. The molecular formula is C29H30N2O. The van der Waals surface area contributed by atoms with Gasteiger partial charge in [-0.15, -0.1) is 0 Å². The van der Waals surface area contributed by atoms with Gasteiger partial charge in [-0.3, -0.25) is 4.79 Å². The van der Waals surface area contributed by atoms with Crippen molar-refractivity contribution < 1.29 is 4.79 Å². The van der Waals surface area contributed by atoms with Crippen molar-refractivity contribution >= 4 is 11.6 Å². The minimum Gasteiger partial charge on any atom is -0.378 e. The van der Waals surface area contributed by atoms with Crippen LogP contribution in [0.2, 0.25) is 0 Å². The van der Waals surface area contributed by atoms with Gasteiger partial charge in [-0.25, -0.2) is 0 Å². The third-order valence-electron chi connectivity index (χ3n) is 8.21. The summed E-state index contributed by atoms with van der Waals surface area (Å²) in [4.78, 5) is 13.0. The standard InChI is InChI=1S/C29H30N2O/c1-18-7-5-6-10-23(18)17-30-29(32)22-13-14-25-24(16-22)26-20-11-12-21(15-20)27(26)28(31-25)19-8-3-2-4-9-19/h2-10,13-14,16,20-21,26-28,31H,11-12,15,17H2,1H3,(H,30,32)/t20-,21-,26-,27-,28-/m0/s1. The summed E-state index contributed by atoms with van der Waals surface area (Å²) in [6, 6.07) is 25.8. The lowest BCUT2D eigenvalue weighted by atomic mass is 9.68. The van der Waals surface area contributed by atoms with E-state index in [1.165, 1.54) is 47.2 Å². The van der Waals surface area contributed by atoms with Crippen molar-refractivity contribution in [2.45, 2.75) is 44.7 Å². The molecule has 5 atom stereocenters. The zero-order valence-electron chi connectivity index (χ0n) is 18.6. The molecule has 2 fully saturated rings. The van der Waals surface area contributed by atoms with E-state index in [0.717, 1.165) is 17.4 Å². The third-order valence-corrected chi connectivity index (χ3v) is 8.21. The fourth-order valence-electron chi connectivity index (χ4n) is 6.70. The summed E-state index contributed by atoms with van der Waals surface area (Å²) >= 11 is 0. The van der Waals surface area contributed by atoms with Crippen molar-refractivity contribution in [1.29, 1.82) is 0 Å². The van der Waals surface area contributed by atoms with Gasteiger partial charge in [-0.05, 0) is 90.3 Å². The molecule has 3 aliphatic rings. The van der Waals surface area contributed by atoms with Crippen molar-refractivity contribution in [3.63, 3.8) is 0 Å². The molecule has 3 aromatic carbocycles. The number of aryl methyl sites for hydroxylation is 1. The Balaban J connectivity index is 1.30. The molecule has 162 valence electrons. The van der Waals surface area contributed by atoms with Crippen molar-refractivity contribution in [3.05, 3.63) is 101 Å². The van der Waals surface area contributed by atoms with Gasteiger partial charge in [-0.1, -0.05) is 54.6 Å². The quantitative estimate of drug-likeness (QED) is 0.524. The largest absolute Gasteiger partial charge is 0.378 e. The maximum Gasteiger partial charge on any atom is 0.251 e. The number of carbonyl (C=O) groups is 1. The van der Waals surface area contributed by atoms with Gasteiger partial charge in [-0.2, -0.15) is 0 Å². The number of hydrogen-bond donors (Lipinski definition) is 2. The number of nitrogens with one attached hydrogen (secondary N) is 2. The van der Waals surface area contributed by atoms with Crippen LogP contribution in [-0.2, 0) is 6.54 Å². The van der Waals surface area contributed by atoms with E-state index in [4.69, 9.17) is 0 Å². The van der Waals surface area contributed by atoms with E-state index in [0.29, 0.717) is 24.4 Å². The van der Waals surface area contributed by atoms with Crippen LogP contribution in [0.4, 0.5) is 5.69 Å². The van der Waals surface area contributed by atoms with E-state index < -0.39 is 0 Å². The summed E-state index contributed by atoms with van der Waals surface area (Å²) in [5, 5.41) is 7.00. The van der Waals surface area contributed by atoms with E-state index in [2.05, 4.69) is 72.2 Å². The highest BCUT2D eigenvalue weighted by Crippen LogP contribution is 2.63. The SMILES string of the molecule is Cc1ccccc1CNC(=O)c1ccc2c(c1)[C@@H]1[C@H]3CC[C@@H](C3)[C@@H]1[C@H](c1ccccc1)N2. The zero-order chi connectivity index (χ0) is 21.7. The first-order valence-electron chi connectivity index (χ1n) is 12.0. The second kappa shape index (κ2) is 7.81. The molecular weight excluding hydrogens is 392 g/mol. The van der Waals surface area contributed by atoms with Crippen molar-refractivity contribution in [2.75, 3.05) is 5.32 Å². The van der Waals surface area contributed by atoms with E-state index in [1.54, 1.807) is 0 Å². The van der Waals surface area contributed by atoms with Crippen LogP contribution >= 0.6 is 0 Å². The summed E-state index contributed by atoms with van der Waals surface area (Å²) in [7, 11) is 0. The number of fused-ring (bicyclic) bond motifs is 7. The molecule has 0 radical (unpaired) electrons. The van der Waals surface area contributed by atoms with E-state index in [9.17, 15) is 4.79 Å². The zero-order valence-corrected chi connectivity index (χ0v) is 18.6. The topological polar surface area (TPSA) is 41.1 Å². The van der Waals surface area contributed by atoms with Crippen molar-refractivity contribution in [1.82, 2.24) is 5.32 Å². The normalized spacial score (nSPS) is 27.3. The fourth-order valence-corrected chi connectivity index (χ4v) is 6.70. The van der Waals surface area contributed by atoms with E-state index in [1.807, 2.05) is 18.2 Å². The Hall–Kier alpha value is -3.07. The average Bonchev–Trinajstić information content (AvgIpc) is 3.46. The fraction of sp³-hybridized carbons (Fsp3) is 0.345. The highest BCUT2D eigenvalue weighted by Gasteiger charge is 2.53. The number of benzene rings is 3. The van der Waals surface area contributed by atoms with Gasteiger partial charge >= 0.3 is 0 Å². The maximum atomic E-state index is 13.0. The van der Waals surface area contributed by atoms with Crippen LogP contribution in [0, 0.1) is 24.7 Å². The lowest BCUT2D eigenvalue weighted by Crippen LogP contribution is -2.35. The molecule has 2 N–H and O–H groups in total. The molecule has 3 aromatic rings. The second-order valence-corrected chi connectivity index (χ2v) is 9.88. The van der Waals surface area contributed by atoms with E-state index in [-0.39, 0.29) is 5.91 Å². The molecule has 1 heterocycles. The Morgan fingerprint density at radius 1 is 0.969 bits per heavy atom. The first-order chi connectivity index (χ1) is 15.7. The maximum absolute atomic E-state index is 13.0. The smallest absolute Gasteiger partial charge is 0.251 e. The first-order valence-corrected chi connectivity index (χ1v) is 12.0. The Kier molecular flexibility index (Phi) is 4.78. The highest BCUT2D eigenvalue weighted by atomic mass is 16.1. The van der Waals surface area contributed by atoms with Crippen LogP contribution in [0.5, 0.6) is 0 Å². The first kappa shape index (κ1) is 19.6. The predicted octanol–water partition coefficient (Wildman–Crippen LogP) is 6.22. The van der Waals surface area contributed by atoms with Crippen LogP contribution in [0.15, 0.2) is 72.8 Å². The van der Waals surface area contributed by atoms with Crippen LogP contribution in [0.25, 0.3) is 0 Å². The molecule has 6 rings (SSSR count). The molecule has 2 bridgehead atoms. The summed E-state index contributed by atoms with van der Waals surface area (Å²) in [5.74, 6) is 2.73. The number of anilines is 1. The molecule has 0 spiro atoms. The lowest BCUT2D eigenvalue weighted by molar-refractivity contribution is 0.0950. The Labute approximate surface area is 190 Å². The molecule has 0 aromatic heterocycles. The minimum absolute atomic E-state index is 0.0148. The average molecular weight is 423 g/mol. The van der Waals surface area contributed by atoms with Gasteiger partial charge in [0, 0.05) is 17.8 Å². The second-order valence-electron chi connectivity index (χ2n) is 9.88. The molecule has 3 heteroatoms. The molecule has 0 unspecified atom stereocenters. The molecule has 0 saturated heterocycles. The molecule has 32 heavy (non-hydrogen) atoms. The van der Waals surface area contributed by atoms with Gasteiger partial charge < -0.3 is 10.6 Å². The number of rotatable bonds is 4. The van der Waals surface area contributed by atoms with Crippen LogP contribution in [-0.4, -0.2) is 5.91 Å². The summed E-state index contributed by atoms with van der Waals surface area (Å²) in [5.41, 5.74) is 7.11. The molecule has 1 amide bonds. The minimum atomic E-state index is 0.0148. The summed E-state index contributed by atoms with van der Waals surface area (Å²) in [6.45, 7) is 2.65. The van der Waals surface area contributed by atoms with Crippen LogP contribution < -0.4 is 10.6 Å². The van der Waals surface area contributed by atoms with Gasteiger partial charge in [0.05, 0.1) is 6.04 Å². The Morgan fingerprint density at radius 2 is 1.75 bits per heavy atom. The van der Waals surface area contributed by atoms with Gasteiger partial charge in [0.25, 0.3) is 5.91 Å². The number of carbonyl (C=O) groups excluding carboxylic acids is 1. The predicted molar refractivity (Wildman–Crippen MR) is 129 cm³/mol. The van der Waals surface area contributed by atoms with Gasteiger partial charge in [0.1, 0.15) is 0 Å². The van der Waals surface area contributed by atoms with Crippen molar-refractivity contribution in [2.24, 2.45) is 17.8 Å². The lowest BCUT2D eigenvalue weighted by Gasteiger charge is -2.43.